The highest BCUT2D eigenvalue weighted by Crippen LogP contribution is 2.29. The highest BCUT2D eigenvalue weighted by molar-refractivity contribution is 6.07. The molecule has 0 N–H and O–H groups in total. The van der Waals surface area contributed by atoms with E-state index in [1.54, 1.807) is 6.20 Å². The molecule has 2 aliphatic heterocycles. The lowest BCUT2D eigenvalue weighted by Crippen LogP contribution is -2.47. The Bertz CT molecular complexity index is 1010. The van der Waals surface area contributed by atoms with Crippen molar-refractivity contribution in [2.24, 2.45) is 0 Å². The summed E-state index contributed by atoms with van der Waals surface area (Å²) >= 11 is 0. The number of hydrogen-bond donors (Lipinski definition) is 0. The van der Waals surface area contributed by atoms with Gasteiger partial charge in [-0.15, -0.1) is 0 Å². The van der Waals surface area contributed by atoms with Gasteiger partial charge in [-0.05, 0) is 36.2 Å². The first-order chi connectivity index (χ1) is 14.3. The summed E-state index contributed by atoms with van der Waals surface area (Å²) in [7, 11) is 0. The second-order valence-electron chi connectivity index (χ2n) is 7.43. The summed E-state index contributed by atoms with van der Waals surface area (Å²) < 4.78 is 0. The van der Waals surface area contributed by atoms with E-state index in [9.17, 15) is 4.79 Å². The minimum absolute atomic E-state index is 0.0245. The number of carbonyl (C=O) groups excluding carboxylic acids is 1. The summed E-state index contributed by atoms with van der Waals surface area (Å²) in [5.74, 6) is 1.04. The normalized spacial score (nSPS) is 16.1. The van der Waals surface area contributed by atoms with Gasteiger partial charge < -0.3 is 14.7 Å². The number of rotatable bonds is 3. The zero-order chi connectivity index (χ0) is 19.6. The third-order valence-corrected chi connectivity index (χ3v) is 5.72. The van der Waals surface area contributed by atoms with E-state index in [-0.39, 0.29) is 5.91 Å². The highest BCUT2D eigenvalue weighted by atomic mass is 16.2. The van der Waals surface area contributed by atoms with Crippen LogP contribution in [-0.2, 0) is 6.42 Å². The number of carbonyl (C=O) groups is 1. The summed E-state index contributed by atoms with van der Waals surface area (Å²) in [5, 5.41) is 0. The van der Waals surface area contributed by atoms with Crippen molar-refractivity contribution < 1.29 is 4.79 Å². The standard InChI is InChI=1S/C23H23N5O/c29-23(28-10-8-18-5-1-2-6-21(18)28)19-15-20(17-24-16-19)26-11-13-27(14-12-26)22-7-3-4-9-25-22/h1-7,9,15-17H,8,10-14H2. The van der Waals surface area contributed by atoms with Crippen LogP contribution in [0.15, 0.2) is 67.1 Å². The fourth-order valence-corrected chi connectivity index (χ4v) is 4.16. The van der Waals surface area contributed by atoms with E-state index in [2.05, 4.69) is 25.8 Å². The molecule has 0 atom stereocenters. The Morgan fingerprint density at radius 3 is 2.48 bits per heavy atom. The van der Waals surface area contributed by atoms with Crippen molar-refractivity contribution in [1.82, 2.24) is 9.97 Å². The second kappa shape index (κ2) is 7.54. The number of anilines is 3. The van der Waals surface area contributed by atoms with Crippen molar-refractivity contribution in [1.29, 1.82) is 0 Å². The molecule has 0 radical (unpaired) electrons. The summed E-state index contributed by atoms with van der Waals surface area (Å²) in [6, 6.07) is 16.1. The molecule has 0 spiro atoms. The molecule has 2 aliphatic rings. The second-order valence-corrected chi connectivity index (χ2v) is 7.43. The molecule has 6 nitrogen and oxygen atoms in total. The van der Waals surface area contributed by atoms with Crippen molar-refractivity contribution in [2.45, 2.75) is 6.42 Å². The number of hydrogen-bond acceptors (Lipinski definition) is 5. The van der Waals surface area contributed by atoms with Gasteiger partial charge in [-0.25, -0.2) is 4.98 Å². The molecule has 29 heavy (non-hydrogen) atoms. The van der Waals surface area contributed by atoms with Gasteiger partial charge in [-0.1, -0.05) is 24.3 Å². The van der Waals surface area contributed by atoms with E-state index >= 15 is 0 Å². The molecule has 1 fully saturated rings. The predicted octanol–water partition coefficient (Wildman–Crippen LogP) is 3.01. The van der Waals surface area contributed by atoms with Crippen LogP contribution in [-0.4, -0.2) is 48.6 Å². The minimum atomic E-state index is 0.0245. The van der Waals surface area contributed by atoms with Crippen molar-refractivity contribution in [3.05, 3.63) is 78.2 Å². The summed E-state index contributed by atoms with van der Waals surface area (Å²) in [4.78, 5) is 28.4. The zero-order valence-corrected chi connectivity index (χ0v) is 16.2. The molecule has 2 aromatic heterocycles. The average Bonchev–Trinajstić information content (AvgIpc) is 3.24. The van der Waals surface area contributed by atoms with Gasteiger partial charge in [0.05, 0.1) is 17.4 Å². The first-order valence-corrected chi connectivity index (χ1v) is 10.1. The maximum absolute atomic E-state index is 13.1. The van der Waals surface area contributed by atoms with Gasteiger partial charge in [0, 0.05) is 50.8 Å². The average molecular weight is 385 g/mol. The lowest BCUT2D eigenvalue weighted by atomic mass is 10.1. The number of piperazine rings is 1. The molecule has 0 bridgehead atoms. The van der Waals surface area contributed by atoms with Crippen molar-refractivity contribution in [2.75, 3.05) is 47.4 Å². The number of benzene rings is 1. The first-order valence-electron chi connectivity index (χ1n) is 10.1. The summed E-state index contributed by atoms with van der Waals surface area (Å²) in [6.07, 6.45) is 6.27. The van der Waals surface area contributed by atoms with Crippen molar-refractivity contribution in [3.63, 3.8) is 0 Å². The number of aromatic nitrogens is 2. The van der Waals surface area contributed by atoms with E-state index < -0.39 is 0 Å². The van der Waals surface area contributed by atoms with Crippen LogP contribution in [0.4, 0.5) is 17.2 Å². The van der Waals surface area contributed by atoms with Crippen LogP contribution < -0.4 is 14.7 Å². The van der Waals surface area contributed by atoms with Crippen LogP contribution in [0.2, 0.25) is 0 Å². The number of pyridine rings is 2. The van der Waals surface area contributed by atoms with Gasteiger partial charge in [0.15, 0.2) is 0 Å². The maximum atomic E-state index is 13.1. The fourth-order valence-electron chi connectivity index (χ4n) is 4.16. The molecule has 4 heterocycles. The van der Waals surface area contributed by atoms with Gasteiger partial charge in [0.25, 0.3) is 5.91 Å². The SMILES string of the molecule is O=C(c1cncc(N2CCN(c3ccccn3)CC2)c1)N1CCc2ccccc21. The Morgan fingerprint density at radius 2 is 1.66 bits per heavy atom. The van der Waals surface area contributed by atoms with Crippen LogP contribution in [0.1, 0.15) is 15.9 Å². The minimum Gasteiger partial charge on any atom is -0.367 e. The largest absolute Gasteiger partial charge is 0.367 e. The Balaban J connectivity index is 1.30. The predicted molar refractivity (Wildman–Crippen MR) is 115 cm³/mol. The smallest absolute Gasteiger partial charge is 0.259 e. The van der Waals surface area contributed by atoms with Crippen LogP contribution in [0.25, 0.3) is 0 Å². The topological polar surface area (TPSA) is 52.6 Å². The Hall–Kier alpha value is -3.41. The molecule has 1 aromatic carbocycles. The quantitative estimate of drug-likeness (QED) is 0.694. The van der Waals surface area contributed by atoms with E-state index in [1.165, 1.54) is 5.56 Å². The summed E-state index contributed by atoms with van der Waals surface area (Å²) in [6.45, 7) is 4.28. The van der Waals surface area contributed by atoms with Crippen molar-refractivity contribution >= 4 is 23.1 Å². The highest BCUT2D eigenvalue weighted by Gasteiger charge is 2.26. The third kappa shape index (κ3) is 3.42. The Labute approximate surface area is 170 Å². The van der Waals surface area contributed by atoms with Crippen molar-refractivity contribution in [3.8, 4) is 0 Å². The molecule has 6 heteroatoms. The van der Waals surface area contributed by atoms with Crippen LogP contribution in [0, 0.1) is 0 Å². The lowest BCUT2D eigenvalue weighted by molar-refractivity contribution is 0.0989. The lowest BCUT2D eigenvalue weighted by Gasteiger charge is -2.36. The number of fused-ring (bicyclic) bond motifs is 1. The Morgan fingerprint density at radius 1 is 0.862 bits per heavy atom. The molecule has 0 aliphatic carbocycles. The van der Waals surface area contributed by atoms with Crippen LogP contribution in [0.3, 0.4) is 0 Å². The van der Waals surface area contributed by atoms with E-state index in [0.29, 0.717) is 5.56 Å². The molecular formula is C23H23N5O. The van der Waals surface area contributed by atoms with Gasteiger partial charge in [0.2, 0.25) is 0 Å². The third-order valence-electron chi connectivity index (χ3n) is 5.72. The van der Waals surface area contributed by atoms with Gasteiger partial charge in [0.1, 0.15) is 5.82 Å². The number of amides is 1. The molecule has 5 rings (SSSR count). The fraction of sp³-hybridized carbons (Fsp3) is 0.261. The maximum Gasteiger partial charge on any atom is 0.259 e. The molecule has 3 aromatic rings. The molecule has 1 amide bonds. The number of nitrogens with zero attached hydrogens (tertiary/aromatic N) is 5. The van der Waals surface area contributed by atoms with Gasteiger partial charge >= 0.3 is 0 Å². The van der Waals surface area contributed by atoms with Gasteiger partial charge in [-0.2, -0.15) is 0 Å². The van der Waals surface area contributed by atoms with E-state index in [4.69, 9.17) is 0 Å². The zero-order valence-electron chi connectivity index (χ0n) is 16.2. The monoisotopic (exact) mass is 385 g/mol. The van der Waals surface area contributed by atoms with Gasteiger partial charge in [-0.3, -0.25) is 9.78 Å². The molecule has 1 saturated heterocycles. The molecule has 0 saturated carbocycles. The molecule has 146 valence electrons. The summed E-state index contributed by atoms with van der Waals surface area (Å²) in [5.41, 5.74) is 3.90. The van der Waals surface area contributed by atoms with Crippen LogP contribution in [0.5, 0.6) is 0 Å². The number of para-hydroxylation sites is 1. The van der Waals surface area contributed by atoms with E-state index in [0.717, 1.165) is 56.3 Å². The Kier molecular flexibility index (Phi) is 4.60. The van der Waals surface area contributed by atoms with Crippen LogP contribution >= 0.6 is 0 Å². The first kappa shape index (κ1) is 17.7. The molecule has 0 unspecified atom stereocenters. The van der Waals surface area contributed by atoms with E-state index in [1.807, 2.05) is 59.8 Å². The molecular weight excluding hydrogens is 362 g/mol.